The lowest BCUT2D eigenvalue weighted by atomic mass is 10.0. The molecule has 0 spiro atoms. The number of rotatable bonds is 8. The number of alkyl halides is 3. The van der Waals surface area contributed by atoms with Gasteiger partial charge in [0, 0.05) is 32.1 Å². The molecule has 0 radical (unpaired) electrons. The topological polar surface area (TPSA) is 70.7 Å². The molecule has 1 aliphatic rings. The smallest absolute Gasteiger partial charge is 0.422 e. The van der Waals surface area contributed by atoms with Crippen LogP contribution < -0.4 is 10.6 Å². The maximum absolute atomic E-state index is 12.0. The molecule has 162 valence electrons. The van der Waals surface area contributed by atoms with Crippen molar-refractivity contribution >= 4 is 12.0 Å². The highest BCUT2D eigenvalue weighted by Crippen LogP contribution is 2.20. The Labute approximate surface area is 168 Å². The molecule has 1 aromatic carbocycles. The standard InChI is InChI=1S/C20H28F3N3O3/c1-15-6-4-5-11-26(15)13-17-8-3-2-7-16(17)12-25-18(27)9-10-24-19(28)29-14-20(21,22)23/h2-3,7-8,15H,4-6,9-14H2,1H3,(H,24,28)(H,25,27). The second-order valence-corrected chi connectivity index (χ2v) is 7.23. The lowest BCUT2D eigenvalue weighted by Gasteiger charge is -2.33. The Morgan fingerprint density at radius 3 is 2.59 bits per heavy atom. The zero-order valence-corrected chi connectivity index (χ0v) is 16.6. The van der Waals surface area contributed by atoms with Crippen LogP contribution in [-0.2, 0) is 22.6 Å². The van der Waals surface area contributed by atoms with Crippen LogP contribution in [0.3, 0.4) is 0 Å². The normalized spacial score (nSPS) is 17.6. The number of halogens is 3. The van der Waals surface area contributed by atoms with Crippen molar-refractivity contribution in [1.82, 2.24) is 15.5 Å². The summed E-state index contributed by atoms with van der Waals surface area (Å²) in [4.78, 5) is 25.6. The van der Waals surface area contributed by atoms with Crippen molar-refractivity contribution in [1.29, 1.82) is 0 Å². The van der Waals surface area contributed by atoms with Crippen LogP contribution >= 0.6 is 0 Å². The summed E-state index contributed by atoms with van der Waals surface area (Å²) in [7, 11) is 0. The Kier molecular flexibility index (Phi) is 8.75. The first-order chi connectivity index (χ1) is 13.7. The van der Waals surface area contributed by atoms with Gasteiger partial charge in [0.2, 0.25) is 5.91 Å². The molecule has 1 heterocycles. The number of alkyl carbamates (subject to hydrolysis) is 1. The van der Waals surface area contributed by atoms with Crippen LogP contribution in [0.4, 0.5) is 18.0 Å². The predicted octanol–water partition coefficient (Wildman–Crippen LogP) is 3.36. The SMILES string of the molecule is CC1CCCCN1Cc1ccccc1CNC(=O)CCNC(=O)OCC(F)(F)F. The number of nitrogens with zero attached hydrogens (tertiary/aromatic N) is 1. The van der Waals surface area contributed by atoms with Crippen LogP contribution in [-0.4, -0.2) is 48.8 Å². The number of nitrogens with one attached hydrogen (secondary N) is 2. The van der Waals surface area contributed by atoms with Gasteiger partial charge in [-0.1, -0.05) is 30.7 Å². The minimum Gasteiger partial charge on any atom is -0.440 e. The number of amides is 2. The largest absolute Gasteiger partial charge is 0.440 e. The van der Waals surface area contributed by atoms with E-state index in [2.05, 4.69) is 33.3 Å². The van der Waals surface area contributed by atoms with E-state index in [0.29, 0.717) is 12.6 Å². The fourth-order valence-electron chi connectivity index (χ4n) is 3.25. The number of carbonyl (C=O) groups is 2. The first kappa shape index (κ1) is 23.0. The van der Waals surface area contributed by atoms with Gasteiger partial charge < -0.3 is 15.4 Å². The highest BCUT2D eigenvalue weighted by molar-refractivity contribution is 5.77. The predicted molar refractivity (Wildman–Crippen MR) is 102 cm³/mol. The number of piperidine rings is 1. The summed E-state index contributed by atoms with van der Waals surface area (Å²) in [5.41, 5.74) is 2.19. The zero-order valence-electron chi connectivity index (χ0n) is 16.6. The van der Waals surface area contributed by atoms with Crippen LogP contribution in [0.5, 0.6) is 0 Å². The Balaban J connectivity index is 1.74. The number of likely N-dealkylation sites (tertiary alicyclic amines) is 1. The average Bonchev–Trinajstić information content (AvgIpc) is 2.67. The van der Waals surface area contributed by atoms with Gasteiger partial charge in [-0.3, -0.25) is 9.69 Å². The molecule has 2 N–H and O–H groups in total. The van der Waals surface area contributed by atoms with Crippen LogP contribution in [0.15, 0.2) is 24.3 Å². The van der Waals surface area contributed by atoms with E-state index in [-0.39, 0.29) is 18.9 Å². The fraction of sp³-hybridized carbons (Fsp3) is 0.600. The van der Waals surface area contributed by atoms with Crippen molar-refractivity contribution in [2.45, 2.75) is 57.9 Å². The summed E-state index contributed by atoms with van der Waals surface area (Å²) in [6.45, 7) is 2.73. The van der Waals surface area contributed by atoms with Crippen molar-refractivity contribution < 1.29 is 27.5 Å². The Morgan fingerprint density at radius 1 is 1.17 bits per heavy atom. The van der Waals surface area contributed by atoms with Gasteiger partial charge in [0.05, 0.1) is 0 Å². The molecule has 1 atom stereocenters. The van der Waals surface area contributed by atoms with Crippen LogP contribution in [0.1, 0.15) is 43.7 Å². The summed E-state index contributed by atoms with van der Waals surface area (Å²) in [5, 5.41) is 4.91. The van der Waals surface area contributed by atoms with Gasteiger partial charge in [0.25, 0.3) is 0 Å². The van der Waals surface area contributed by atoms with E-state index in [0.717, 1.165) is 24.2 Å². The van der Waals surface area contributed by atoms with Gasteiger partial charge in [-0.05, 0) is 37.4 Å². The minimum atomic E-state index is -4.58. The van der Waals surface area contributed by atoms with E-state index in [1.165, 1.54) is 19.3 Å². The average molecular weight is 415 g/mol. The third-order valence-electron chi connectivity index (χ3n) is 4.90. The maximum atomic E-state index is 12.0. The molecule has 1 fully saturated rings. The molecule has 6 nitrogen and oxygen atoms in total. The molecule has 0 saturated carbocycles. The van der Waals surface area contributed by atoms with E-state index < -0.39 is 18.9 Å². The van der Waals surface area contributed by atoms with Crippen molar-refractivity contribution in [3.05, 3.63) is 35.4 Å². The van der Waals surface area contributed by atoms with Crippen molar-refractivity contribution in [2.75, 3.05) is 19.7 Å². The first-order valence-electron chi connectivity index (χ1n) is 9.79. The van der Waals surface area contributed by atoms with Gasteiger partial charge in [-0.2, -0.15) is 13.2 Å². The van der Waals surface area contributed by atoms with E-state index in [9.17, 15) is 22.8 Å². The molecule has 1 aliphatic heterocycles. The molecule has 0 aromatic heterocycles. The molecule has 1 unspecified atom stereocenters. The van der Waals surface area contributed by atoms with E-state index in [4.69, 9.17) is 0 Å². The third kappa shape index (κ3) is 8.72. The van der Waals surface area contributed by atoms with Gasteiger partial charge in [-0.25, -0.2) is 4.79 Å². The lowest BCUT2D eigenvalue weighted by Crippen LogP contribution is -2.37. The molecule has 0 aliphatic carbocycles. The first-order valence-corrected chi connectivity index (χ1v) is 9.79. The molecule has 2 amide bonds. The summed E-state index contributed by atoms with van der Waals surface area (Å²) >= 11 is 0. The number of ether oxygens (including phenoxy) is 1. The minimum absolute atomic E-state index is 0.0492. The second-order valence-electron chi connectivity index (χ2n) is 7.23. The monoisotopic (exact) mass is 415 g/mol. The molecule has 0 bridgehead atoms. The fourth-order valence-corrected chi connectivity index (χ4v) is 3.25. The third-order valence-corrected chi connectivity index (χ3v) is 4.90. The number of benzene rings is 1. The molecule has 2 rings (SSSR count). The zero-order chi connectivity index (χ0) is 21.3. The quantitative estimate of drug-likeness (QED) is 0.683. The number of carbonyl (C=O) groups excluding carboxylic acids is 2. The Bertz CT molecular complexity index is 682. The van der Waals surface area contributed by atoms with E-state index >= 15 is 0 Å². The molecule has 29 heavy (non-hydrogen) atoms. The lowest BCUT2D eigenvalue weighted by molar-refractivity contribution is -0.160. The van der Waals surface area contributed by atoms with Crippen LogP contribution in [0.25, 0.3) is 0 Å². The van der Waals surface area contributed by atoms with E-state index in [1.54, 1.807) is 0 Å². The van der Waals surface area contributed by atoms with Crippen LogP contribution in [0.2, 0.25) is 0 Å². The second kappa shape index (κ2) is 11.0. The molecule has 9 heteroatoms. The Morgan fingerprint density at radius 2 is 1.90 bits per heavy atom. The van der Waals surface area contributed by atoms with Crippen molar-refractivity contribution in [3.8, 4) is 0 Å². The van der Waals surface area contributed by atoms with Crippen LogP contribution in [0, 0.1) is 0 Å². The van der Waals surface area contributed by atoms with Gasteiger partial charge in [0.15, 0.2) is 6.61 Å². The molecule has 1 saturated heterocycles. The van der Waals surface area contributed by atoms with Gasteiger partial charge in [0.1, 0.15) is 0 Å². The Hall–Kier alpha value is -2.29. The highest BCUT2D eigenvalue weighted by Gasteiger charge is 2.29. The maximum Gasteiger partial charge on any atom is 0.422 e. The van der Waals surface area contributed by atoms with Crippen molar-refractivity contribution in [2.24, 2.45) is 0 Å². The molecule has 1 aromatic rings. The highest BCUT2D eigenvalue weighted by atomic mass is 19.4. The van der Waals surface area contributed by atoms with Crippen molar-refractivity contribution in [3.63, 3.8) is 0 Å². The summed E-state index contributed by atoms with van der Waals surface area (Å²) in [5.74, 6) is -0.303. The van der Waals surface area contributed by atoms with Gasteiger partial charge in [-0.15, -0.1) is 0 Å². The number of hydrogen-bond donors (Lipinski definition) is 2. The summed E-state index contributed by atoms with van der Waals surface area (Å²) in [6, 6.07) is 8.46. The number of hydrogen-bond acceptors (Lipinski definition) is 4. The van der Waals surface area contributed by atoms with E-state index in [1.807, 2.05) is 18.2 Å². The molecular formula is C20H28F3N3O3. The van der Waals surface area contributed by atoms with Gasteiger partial charge >= 0.3 is 12.3 Å². The summed E-state index contributed by atoms with van der Waals surface area (Å²) < 4.78 is 39.9. The molecular weight excluding hydrogens is 387 g/mol. The summed E-state index contributed by atoms with van der Waals surface area (Å²) in [6.07, 6.45) is -2.18.